The molecule has 3 N–H and O–H groups in total. The highest BCUT2D eigenvalue weighted by molar-refractivity contribution is 6.65. The number of hydrogen-bond acceptors (Lipinski definition) is 7. The van der Waals surface area contributed by atoms with E-state index in [-0.39, 0.29) is 11.5 Å². The van der Waals surface area contributed by atoms with Gasteiger partial charge in [-0.3, -0.25) is 0 Å². The summed E-state index contributed by atoms with van der Waals surface area (Å²) in [6.07, 6.45) is 1.52. The van der Waals surface area contributed by atoms with E-state index in [1.165, 1.54) is 11.1 Å². The lowest BCUT2D eigenvalue weighted by molar-refractivity contribution is 0.344. The Kier molecular flexibility index (Phi) is 4.77. The van der Waals surface area contributed by atoms with Crippen LogP contribution >= 0.6 is 11.6 Å². The molecule has 0 spiro atoms. The molecule has 2 aliphatic heterocycles. The van der Waals surface area contributed by atoms with E-state index in [0.717, 1.165) is 6.54 Å². The fraction of sp³-hybridized carbons (Fsp3) is 0.333. The van der Waals surface area contributed by atoms with Crippen LogP contribution in [0.5, 0.6) is 0 Å². The first kappa shape index (κ1) is 16.4. The van der Waals surface area contributed by atoms with E-state index in [0.29, 0.717) is 18.1 Å². The predicted molar refractivity (Wildman–Crippen MR) is 94.1 cm³/mol. The van der Waals surface area contributed by atoms with Gasteiger partial charge < -0.3 is 21.0 Å². The second kappa shape index (κ2) is 6.98. The molecule has 0 saturated heterocycles. The van der Waals surface area contributed by atoms with Crippen molar-refractivity contribution in [2.45, 2.75) is 19.3 Å². The van der Waals surface area contributed by atoms with Gasteiger partial charge >= 0.3 is 0 Å². The molecule has 2 aliphatic rings. The van der Waals surface area contributed by atoms with E-state index < -0.39 is 0 Å². The quantitative estimate of drug-likeness (QED) is 0.366. The Morgan fingerprint density at radius 3 is 2.67 bits per heavy atom. The normalized spacial score (nSPS) is 19.9. The minimum atomic E-state index is -0.225. The highest BCUT2D eigenvalue weighted by Gasteiger charge is 2.32. The van der Waals surface area contributed by atoms with Crippen LogP contribution in [0.15, 0.2) is 56.1 Å². The molecule has 24 heavy (non-hydrogen) atoms. The fourth-order valence-electron chi connectivity index (χ4n) is 2.64. The summed E-state index contributed by atoms with van der Waals surface area (Å²) < 4.78 is 0. The standard InChI is InChI=1S/C15H19ClN8/c1-23(2)7-10-3-5-11(6-4-10)8-24-9-18-12-13(21-22-17)19-15(16)20-14(12)24/h3-6,9,14H,7-8H2,1-2H3,(H2,17,21)(H,19,20). The predicted octanol–water partition coefficient (Wildman–Crippen LogP) is 1.61. The number of nitrogens with zero attached hydrogens (tertiary/aromatic N) is 6. The maximum atomic E-state index is 6.03. The van der Waals surface area contributed by atoms with Gasteiger partial charge in [-0.05, 0) is 36.8 Å². The maximum Gasteiger partial charge on any atom is 0.204 e. The van der Waals surface area contributed by atoms with Crippen LogP contribution in [0.4, 0.5) is 0 Å². The Bertz CT molecular complexity index is 719. The van der Waals surface area contributed by atoms with Gasteiger partial charge in [0, 0.05) is 13.1 Å². The summed E-state index contributed by atoms with van der Waals surface area (Å²) in [7, 11) is 4.11. The maximum absolute atomic E-state index is 6.03. The SMILES string of the molecule is CN(C)Cc1ccc(CN2C=NC3=C(N=NN)N=C(Cl)NC32)cc1. The van der Waals surface area contributed by atoms with Crippen molar-refractivity contribution in [3.05, 3.63) is 46.9 Å². The minimum Gasteiger partial charge on any atom is -0.335 e. The number of hydrogen-bond donors (Lipinski definition) is 2. The third-order valence-corrected chi connectivity index (χ3v) is 3.86. The summed E-state index contributed by atoms with van der Waals surface area (Å²) >= 11 is 6.03. The molecule has 0 aromatic heterocycles. The number of aliphatic imine (C=N–C) groups is 2. The van der Waals surface area contributed by atoms with Crippen LogP contribution < -0.4 is 11.2 Å². The fourth-order valence-corrected chi connectivity index (χ4v) is 2.83. The van der Waals surface area contributed by atoms with Gasteiger partial charge in [0.1, 0.15) is 11.9 Å². The van der Waals surface area contributed by atoms with Gasteiger partial charge in [-0.1, -0.05) is 29.5 Å². The second-order valence-electron chi connectivity index (χ2n) is 5.84. The van der Waals surface area contributed by atoms with Crippen LogP contribution in [0, 0.1) is 0 Å². The molecule has 126 valence electrons. The Balaban J connectivity index is 1.74. The molecule has 1 aromatic carbocycles. The van der Waals surface area contributed by atoms with Crippen LogP contribution in [0.1, 0.15) is 11.1 Å². The molecule has 0 bridgehead atoms. The van der Waals surface area contributed by atoms with Crippen molar-refractivity contribution in [2.75, 3.05) is 14.1 Å². The van der Waals surface area contributed by atoms with E-state index in [9.17, 15) is 0 Å². The molecule has 1 atom stereocenters. The molecule has 1 aromatic rings. The van der Waals surface area contributed by atoms with E-state index in [4.69, 9.17) is 17.4 Å². The Labute approximate surface area is 145 Å². The van der Waals surface area contributed by atoms with Gasteiger partial charge in [0.15, 0.2) is 5.29 Å². The Hall–Kier alpha value is -2.45. The van der Waals surface area contributed by atoms with E-state index >= 15 is 0 Å². The number of nitrogens with one attached hydrogen (secondary N) is 1. The van der Waals surface area contributed by atoms with Crippen molar-refractivity contribution in [3.63, 3.8) is 0 Å². The van der Waals surface area contributed by atoms with Crippen LogP contribution in [-0.2, 0) is 13.1 Å². The first-order valence-electron chi connectivity index (χ1n) is 7.45. The second-order valence-corrected chi connectivity index (χ2v) is 6.20. The van der Waals surface area contributed by atoms with Gasteiger partial charge in [-0.15, -0.1) is 5.11 Å². The van der Waals surface area contributed by atoms with Gasteiger partial charge in [-0.2, -0.15) is 4.99 Å². The molecule has 0 aliphatic carbocycles. The summed E-state index contributed by atoms with van der Waals surface area (Å²) in [6.45, 7) is 1.60. The zero-order chi connectivity index (χ0) is 17.1. The van der Waals surface area contributed by atoms with Crippen LogP contribution in [0.3, 0.4) is 0 Å². The number of halogens is 1. The average molecular weight is 347 g/mol. The van der Waals surface area contributed by atoms with E-state index in [1.807, 2.05) is 4.90 Å². The van der Waals surface area contributed by atoms with E-state index in [2.05, 4.69) is 68.9 Å². The molecule has 0 fully saturated rings. The van der Waals surface area contributed by atoms with Crippen LogP contribution in [0.2, 0.25) is 0 Å². The largest absolute Gasteiger partial charge is 0.335 e. The van der Waals surface area contributed by atoms with Gasteiger partial charge in [0.25, 0.3) is 0 Å². The highest BCUT2D eigenvalue weighted by atomic mass is 35.5. The third-order valence-electron chi connectivity index (χ3n) is 3.66. The van der Waals surface area contributed by atoms with Crippen molar-refractivity contribution < 1.29 is 0 Å². The first-order chi connectivity index (χ1) is 11.6. The average Bonchev–Trinajstić information content (AvgIpc) is 2.92. The lowest BCUT2D eigenvalue weighted by atomic mass is 10.1. The van der Waals surface area contributed by atoms with Crippen molar-refractivity contribution >= 4 is 23.2 Å². The molecule has 8 nitrogen and oxygen atoms in total. The number of nitrogens with two attached hydrogens (primary N) is 1. The third kappa shape index (κ3) is 3.55. The molecule has 0 saturated carbocycles. The van der Waals surface area contributed by atoms with Crippen LogP contribution in [-0.4, -0.2) is 41.7 Å². The zero-order valence-electron chi connectivity index (χ0n) is 13.5. The lowest BCUT2D eigenvalue weighted by Crippen LogP contribution is -2.45. The summed E-state index contributed by atoms with van der Waals surface area (Å²) in [5.41, 5.74) is 3.10. The van der Waals surface area contributed by atoms with Gasteiger partial charge in [0.2, 0.25) is 5.82 Å². The Morgan fingerprint density at radius 1 is 1.29 bits per heavy atom. The van der Waals surface area contributed by atoms with Gasteiger partial charge in [-0.25, -0.2) is 4.99 Å². The molecule has 0 amide bonds. The minimum absolute atomic E-state index is 0.225. The number of benzene rings is 1. The van der Waals surface area contributed by atoms with Crippen LogP contribution in [0.25, 0.3) is 0 Å². The summed E-state index contributed by atoms with van der Waals surface area (Å²) in [6, 6.07) is 8.51. The summed E-state index contributed by atoms with van der Waals surface area (Å²) in [4.78, 5) is 12.6. The van der Waals surface area contributed by atoms with Crippen molar-refractivity contribution in [3.8, 4) is 0 Å². The summed E-state index contributed by atoms with van der Waals surface area (Å²) in [5.74, 6) is 5.44. The number of amidine groups is 1. The smallest absolute Gasteiger partial charge is 0.204 e. The lowest BCUT2D eigenvalue weighted by Gasteiger charge is -2.27. The first-order valence-corrected chi connectivity index (χ1v) is 7.83. The van der Waals surface area contributed by atoms with Gasteiger partial charge in [0.05, 0.1) is 6.34 Å². The molecule has 2 heterocycles. The van der Waals surface area contributed by atoms with Crippen molar-refractivity contribution in [1.29, 1.82) is 0 Å². The molecular formula is C15H19ClN8. The zero-order valence-corrected chi connectivity index (χ0v) is 14.3. The number of fused-ring (bicyclic) bond motifs is 1. The molecule has 1 unspecified atom stereocenters. The highest BCUT2D eigenvalue weighted by Crippen LogP contribution is 2.26. The molecule has 9 heteroatoms. The summed E-state index contributed by atoms with van der Waals surface area (Å²) in [5, 5.41) is 10.4. The Morgan fingerprint density at radius 2 is 2.00 bits per heavy atom. The van der Waals surface area contributed by atoms with Crippen molar-refractivity contribution in [1.82, 2.24) is 15.1 Å². The van der Waals surface area contributed by atoms with E-state index in [1.54, 1.807) is 6.34 Å². The monoisotopic (exact) mass is 346 g/mol. The molecule has 3 rings (SSSR count). The topological polar surface area (TPSA) is 94.0 Å². The number of rotatable bonds is 5. The molecular weight excluding hydrogens is 328 g/mol. The van der Waals surface area contributed by atoms with Crippen molar-refractivity contribution in [2.24, 2.45) is 26.2 Å². The molecule has 0 radical (unpaired) electrons.